The van der Waals surface area contributed by atoms with E-state index in [-0.39, 0.29) is 5.41 Å². The van der Waals surface area contributed by atoms with Crippen molar-refractivity contribution in [1.29, 1.82) is 0 Å². The third kappa shape index (κ3) is 2.88. The molecule has 0 amide bonds. The molecule has 2 heteroatoms. The molecule has 0 aliphatic rings. The molecule has 2 nitrogen and oxygen atoms in total. The molecule has 0 fully saturated rings. The van der Waals surface area contributed by atoms with Crippen LogP contribution in [0.5, 0.6) is 0 Å². The molecule has 0 spiro atoms. The van der Waals surface area contributed by atoms with E-state index in [4.69, 9.17) is 4.74 Å². The lowest BCUT2D eigenvalue weighted by atomic mass is 9.89. The standard InChI is InChI=1S/C11H19NO/c1-11(2,3)10-5-6-12(9-10)7-8-13-4/h5-6,9H,7-8H2,1-4H3. The average molecular weight is 181 g/mol. The summed E-state index contributed by atoms with van der Waals surface area (Å²) in [4.78, 5) is 0. The molecule has 0 radical (unpaired) electrons. The molecule has 0 unspecified atom stereocenters. The fourth-order valence-corrected chi connectivity index (χ4v) is 1.22. The topological polar surface area (TPSA) is 14.2 Å². The van der Waals surface area contributed by atoms with Gasteiger partial charge in [-0.15, -0.1) is 0 Å². The molecule has 1 rings (SSSR count). The highest BCUT2D eigenvalue weighted by atomic mass is 16.5. The van der Waals surface area contributed by atoms with Crippen LogP contribution in [0.1, 0.15) is 26.3 Å². The number of hydrogen-bond acceptors (Lipinski definition) is 1. The second-order valence-electron chi connectivity index (χ2n) is 4.38. The van der Waals surface area contributed by atoms with Crippen molar-refractivity contribution in [3.8, 4) is 0 Å². The SMILES string of the molecule is COCCn1ccc(C(C)(C)C)c1. The summed E-state index contributed by atoms with van der Waals surface area (Å²) in [6.45, 7) is 8.39. The van der Waals surface area contributed by atoms with Crippen molar-refractivity contribution in [2.75, 3.05) is 13.7 Å². The number of hydrogen-bond donors (Lipinski definition) is 0. The molecular formula is C11H19NO. The third-order valence-electron chi connectivity index (χ3n) is 2.17. The Morgan fingerprint density at radius 2 is 2.08 bits per heavy atom. The first-order chi connectivity index (χ1) is 6.04. The minimum Gasteiger partial charge on any atom is -0.383 e. The van der Waals surface area contributed by atoms with Crippen LogP contribution in [0, 0.1) is 0 Å². The van der Waals surface area contributed by atoms with Crippen molar-refractivity contribution in [2.45, 2.75) is 32.7 Å². The molecule has 0 bridgehead atoms. The van der Waals surface area contributed by atoms with Crippen LogP contribution in [0.2, 0.25) is 0 Å². The van der Waals surface area contributed by atoms with Crippen LogP contribution < -0.4 is 0 Å². The zero-order valence-electron chi connectivity index (χ0n) is 9.00. The van der Waals surface area contributed by atoms with Gasteiger partial charge in [-0.25, -0.2) is 0 Å². The maximum atomic E-state index is 5.02. The normalized spacial score (nSPS) is 12.0. The Morgan fingerprint density at radius 1 is 1.38 bits per heavy atom. The van der Waals surface area contributed by atoms with Gasteiger partial charge in [0.1, 0.15) is 0 Å². The zero-order valence-corrected chi connectivity index (χ0v) is 9.00. The first-order valence-corrected chi connectivity index (χ1v) is 4.69. The van der Waals surface area contributed by atoms with Gasteiger partial charge in [0.2, 0.25) is 0 Å². The predicted molar refractivity (Wildman–Crippen MR) is 55.0 cm³/mol. The van der Waals surface area contributed by atoms with Gasteiger partial charge in [0.15, 0.2) is 0 Å². The van der Waals surface area contributed by atoms with Crippen molar-refractivity contribution < 1.29 is 4.74 Å². The molecule has 0 N–H and O–H groups in total. The molecule has 1 aromatic heterocycles. The van der Waals surface area contributed by atoms with Crippen LogP contribution in [0.25, 0.3) is 0 Å². The highest BCUT2D eigenvalue weighted by Crippen LogP contribution is 2.21. The summed E-state index contributed by atoms with van der Waals surface area (Å²) < 4.78 is 7.19. The first kappa shape index (κ1) is 10.3. The fourth-order valence-electron chi connectivity index (χ4n) is 1.22. The summed E-state index contributed by atoms with van der Waals surface area (Å²) in [5.74, 6) is 0. The molecule has 74 valence electrons. The largest absolute Gasteiger partial charge is 0.383 e. The number of ether oxygens (including phenoxy) is 1. The summed E-state index contributed by atoms with van der Waals surface area (Å²) in [7, 11) is 1.73. The lowest BCUT2D eigenvalue weighted by molar-refractivity contribution is 0.187. The van der Waals surface area contributed by atoms with E-state index >= 15 is 0 Å². The van der Waals surface area contributed by atoms with Gasteiger partial charge >= 0.3 is 0 Å². The lowest BCUT2D eigenvalue weighted by Gasteiger charge is -2.16. The van der Waals surface area contributed by atoms with Crippen molar-refractivity contribution >= 4 is 0 Å². The Bertz CT molecular complexity index is 257. The van der Waals surface area contributed by atoms with E-state index in [1.165, 1.54) is 5.56 Å². The van der Waals surface area contributed by atoms with E-state index in [1.807, 2.05) is 0 Å². The Labute approximate surface area is 80.5 Å². The van der Waals surface area contributed by atoms with E-state index in [0.29, 0.717) is 0 Å². The van der Waals surface area contributed by atoms with Gasteiger partial charge in [0.25, 0.3) is 0 Å². The Morgan fingerprint density at radius 3 is 2.54 bits per heavy atom. The van der Waals surface area contributed by atoms with Crippen molar-refractivity contribution in [2.24, 2.45) is 0 Å². The smallest absolute Gasteiger partial charge is 0.0641 e. The Balaban J connectivity index is 2.64. The van der Waals surface area contributed by atoms with Crippen LogP contribution in [0.15, 0.2) is 18.5 Å². The van der Waals surface area contributed by atoms with Crippen LogP contribution in [0.4, 0.5) is 0 Å². The zero-order chi connectivity index (χ0) is 9.90. The number of nitrogens with zero attached hydrogens (tertiary/aromatic N) is 1. The predicted octanol–water partition coefficient (Wildman–Crippen LogP) is 2.43. The molecule has 1 heterocycles. The van der Waals surface area contributed by atoms with Gasteiger partial charge < -0.3 is 9.30 Å². The summed E-state index contributed by atoms with van der Waals surface area (Å²) in [5.41, 5.74) is 1.63. The molecule has 0 aliphatic carbocycles. The molecule has 13 heavy (non-hydrogen) atoms. The summed E-state index contributed by atoms with van der Waals surface area (Å²) in [6, 6.07) is 2.18. The minimum atomic E-state index is 0.248. The summed E-state index contributed by atoms with van der Waals surface area (Å²) in [5, 5.41) is 0. The van der Waals surface area contributed by atoms with E-state index in [1.54, 1.807) is 7.11 Å². The maximum absolute atomic E-state index is 5.02. The van der Waals surface area contributed by atoms with Crippen LogP contribution in [-0.2, 0) is 16.7 Å². The van der Waals surface area contributed by atoms with Crippen molar-refractivity contribution in [1.82, 2.24) is 4.57 Å². The highest BCUT2D eigenvalue weighted by Gasteiger charge is 2.14. The van der Waals surface area contributed by atoms with Crippen LogP contribution >= 0.6 is 0 Å². The third-order valence-corrected chi connectivity index (χ3v) is 2.17. The monoisotopic (exact) mass is 181 g/mol. The van der Waals surface area contributed by atoms with Crippen LogP contribution in [-0.4, -0.2) is 18.3 Å². The second-order valence-corrected chi connectivity index (χ2v) is 4.38. The van der Waals surface area contributed by atoms with Gasteiger partial charge in [0, 0.05) is 26.0 Å². The van der Waals surface area contributed by atoms with E-state index < -0.39 is 0 Å². The molecular weight excluding hydrogens is 162 g/mol. The van der Waals surface area contributed by atoms with Gasteiger partial charge in [0.05, 0.1) is 6.61 Å². The molecule has 1 aromatic rings. The first-order valence-electron chi connectivity index (χ1n) is 4.69. The second kappa shape index (κ2) is 3.97. The van der Waals surface area contributed by atoms with Gasteiger partial charge in [-0.2, -0.15) is 0 Å². The van der Waals surface area contributed by atoms with Crippen molar-refractivity contribution in [3.63, 3.8) is 0 Å². The van der Waals surface area contributed by atoms with Crippen LogP contribution in [0.3, 0.4) is 0 Å². The lowest BCUT2D eigenvalue weighted by Crippen LogP contribution is -2.10. The molecule has 0 atom stereocenters. The minimum absolute atomic E-state index is 0.248. The quantitative estimate of drug-likeness (QED) is 0.698. The molecule has 0 aromatic carbocycles. The number of aromatic nitrogens is 1. The fraction of sp³-hybridized carbons (Fsp3) is 0.636. The van der Waals surface area contributed by atoms with E-state index in [9.17, 15) is 0 Å². The number of methoxy groups -OCH3 is 1. The van der Waals surface area contributed by atoms with Gasteiger partial charge in [-0.05, 0) is 17.0 Å². The Hall–Kier alpha value is -0.760. The summed E-state index contributed by atoms with van der Waals surface area (Å²) >= 11 is 0. The van der Waals surface area contributed by atoms with Crippen molar-refractivity contribution in [3.05, 3.63) is 24.0 Å². The highest BCUT2D eigenvalue weighted by molar-refractivity contribution is 5.19. The maximum Gasteiger partial charge on any atom is 0.0641 e. The summed E-state index contributed by atoms with van der Waals surface area (Å²) in [6.07, 6.45) is 4.30. The van der Waals surface area contributed by atoms with Gasteiger partial charge in [-0.1, -0.05) is 20.8 Å². The number of rotatable bonds is 3. The molecule has 0 aliphatic heterocycles. The van der Waals surface area contributed by atoms with E-state index in [0.717, 1.165) is 13.2 Å². The Kier molecular flexibility index (Phi) is 3.15. The average Bonchev–Trinajstić information content (AvgIpc) is 2.47. The van der Waals surface area contributed by atoms with Gasteiger partial charge in [-0.3, -0.25) is 0 Å². The molecule has 0 saturated heterocycles. The molecule has 0 saturated carbocycles. The van der Waals surface area contributed by atoms with E-state index in [2.05, 4.69) is 43.8 Å².